The van der Waals surface area contributed by atoms with Gasteiger partial charge in [-0.25, -0.2) is 4.98 Å². The van der Waals surface area contributed by atoms with Crippen molar-refractivity contribution in [2.45, 2.75) is 0 Å². The van der Waals surface area contributed by atoms with Gasteiger partial charge < -0.3 is 10.6 Å². The van der Waals surface area contributed by atoms with Crippen molar-refractivity contribution in [2.24, 2.45) is 0 Å². The Morgan fingerprint density at radius 2 is 2.16 bits per heavy atom. The minimum Gasteiger partial charge on any atom is -0.372 e. The Kier molecular flexibility index (Phi) is 3.74. The highest BCUT2D eigenvalue weighted by Crippen LogP contribution is 2.15. The van der Waals surface area contributed by atoms with Crippen LogP contribution in [0.4, 0.5) is 11.5 Å². The Morgan fingerprint density at radius 1 is 1.32 bits per heavy atom. The van der Waals surface area contributed by atoms with Crippen molar-refractivity contribution in [3.05, 3.63) is 53.7 Å². The number of benzene rings is 1. The molecule has 0 unspecified atom stereocenters. The molecule has 0 atom stereocenters. The summed E-state index contributed by atoms with van der Waals surface area (Å²) in [6.45, 7) is 0. The van der Waals surface area contributed by atoms with Crippen LogP contribution >= 0.6 is 0 Å². The summed E-state index contributed by atoms with van der Waals surface area (Å²) in [4.78, 5) is 16.2. The molecular formula is C14H12N4O. The lowest BCUT2D eigenvalue weighted by Crippen LogP contribution is -2.14. The van der Waals surface area contributed by atoms with E-state index in [1.54, 1.807) is 49.6 Å². The van der Waals surface area contributed by atoms with E-state index >= 15 is 0 Å². The van der Waals surface area contributed by atoms with Crippen molar-refractivity contribution in [3.8, 4) is 6.07 Å². The average Bonchev–Trinajstić information content (AvgIpc) is 2.47. The Hall–Kier alpha value is -2.87. The van der Waals surface area contributed by atoms with Crippen molar-refractivity contribution in [1.82, 2.24) is 4.98 Å². The van der Waals surface area contributed by atoms with Crippen LogP contribution in [0.25, 0.3) is 0 Å². The number of amides is 1. The predicted molar refractivity (Wildman–Crippen MR) is 72.9 cm³/mol. The van der Waals surface area contributed by atoms with Gasteiger partial charge in [0, 0.05) is 18.9 Å². The van der Waals surface area contributed by atoms with Crippen LogP contribution in [0.5, 0.6) is 0 Å². The predicted octanol–water partition coefficient (Wildman–Crippen LogP) is 2.25. The molecule has 94 valence electrons. The van der Waals surface area contributed by atoms with Gasteiger partial charge in [0.25, 0.3) is 5.91 Å². The third-order valence-corrected chi connectivity index (χ3v) is 2.54. The van der Waals surface area contributed by atoms with Gasteiger partial charge in [0.1, 0.15) is 5.82 Å². The molecule has 2 rings (SSSR count). The SMILES string of the molecule is CNc1ncccc1C(=O)Nc1cccc(C#N)c1. The third-order valence-electron chi connectivity index (χ3n) is 2.54. The lowest BCUT2D eigenvalue weighted by molar-refractivity contribution is 0.102. The maximum atomic E-state index is 12.1. The average molecular weight is 252 g/mol. The maximum Gasteiger partial charge on any atom is 0.259 e. The van der Waals surface area contributed by atoms with E-state index in [-0.39, 0.29) is 5.91 Å². The smallest absolute Gasteiger partial charge is 0.259 e. The molecule has 1 amide bonds. The maximum absolute atomic E-state index is 12.1. The molecule has 5 heteroatoms. The first-order valence-electron chi connectivity index (χ1n) is 5.69. The van der Waals surface area contributed by atoms with Crippen LogP contribution in [-0.2, 0) is 0 Å². The van der Waals surface area contributed by atoms with Crippen LogP contribution in [0.15, 0.2) is 42.6 Å². The van der Waals surface area contributed by atoms with Crippen molar-refractivity contribution < 1.29 is 4.79 Å². The van der Waals surface area contributed by atoms with Crippen LogP contribution in [0.1, 0.15) is 15.9 Å². The van der Waals surface area contributed by atoms with Crippen molar-refractivity contribution >= 4 is 17.4 Å². The summed E-state index contributed by atoms with van der Waals surface area (Å²) in [5.74, 6) is 0.240. The number of anilines is 2. The molecule has 2 N–H and O–H groups in total. The fourth-order valence-corrected chi connectivity index (χ4v) is 1.65. The standard InChI is InChI=1S/C14H12N4O/c1-16-13-12(6-3-7-17-13)14(19)18-11-5-2-4-10(8-11)9-15/h2-8H,1H3,(H,16,17)(H,18,19). The number of carbonyl (C=O) groups is 1. The molecule has 5 nitrogen and oxygen atoms in total. The lowest BCUT2D eigenvalue weighted by atomic mass is 10.2. The number of carbonyl (C=O) groups excluding carboxylic acids is 1. The first-order valence-corrected chi connectivity index (χ1v) is 5.69. The number of rotatable bonds is 3. The molecule has 0 aliphatic carbocycles. The van der Waals surface area contributed by atoms with Gasteiger partial charge in [-0.15, -0.1) is 0 Å². The molecule has 0 saturated carbocycles. The summed E-state index contributed by atoms with van der Waals surface area (Å²) >= 11 is 0. The summed E-state index contributed by atoms with van der Waals surface area (Å²) in [6, 6.07) is 12.2. The van der Waals surface area contributed by atoms with Gasteiger partial charge >= 0.3 is 0 Å². The Labute approximate surface area is 110 Å². The number of pyridine rings is 1. The zero-order valence-electron chi connectivity index (χ0n) is 10.3. The van der Waals surface area contributed by atoms with Gasteiger partial charge in [0.15, 0.2) is 0 Å². The van der Waals surface area contributed by atoms with Crippen molar-refractivity contribution in [1.29, 1.82) is 5.26 Å². The van der Waals surface area contributed by atoms with E-state index in [0.717, 1.165) is 0 Å². The van der Waals surface area contributed by atoms with E-state index in [4.69, 9.17) is 5.26 Å². The van der Waals surface area contributed by atoms with Gasteiger partial charge in [-0.2, -0.15) is 5.26 Å². The quantitative estimate of drug-likeness (QED) is 0.878. The van der Waals surface area contributed by atoms with Crippen LogP contribution in [0, 0.1) is 11.3 Å². The number of nitriles is 1. The largest absolute Gasteiger partial charge is 0.372 e. The van der Waals surface area contributed by atoms with E-state index in [0.29, 0.717) is 22.6 Å². The first kappa shape index (κ1) is 12.6. The van der Waals surface area contributed by atoms with Crippen LogP contribution in [0.3, 0.4) is 0 Å². The van der Waals surface area contributed by atoms with Gasteiger partial charge in [0.2, 0.25) is 0 Å². The summed E-state index contributed by atoms with van der Waals surface area (Å²) in [7, 11) is 1.70. The second-order valence-electron chi connectivity index (χ2n) is 3.80. The van der Waals surface area contributed by atoms with E-state index in [9.17, 15) is 4.79 Å². The minimum absolute atomic E-state index is 0.271. The summed E-state index contributed by atoms with van der Waals surface area (Å²) < 4.78 is 0. The summed E-state index contributed by atoms with van der Waals surface area (Å²) in [6.07, 6.45) is 1.61. The second-order valence-corrected chi connectivity index (χ2v) is 3.80. The number of hydrogen-bond acceptors (Lipinski definition) is 4. The van der Waals surface area contributed by atoms with E-state index in [1.807, 2.05) is 6.07 Å². The molecule has 2 aromatic rings. The van der Waals surface area contributed by atoms with Crippen LogP contribution < -0.4 is 10.6 Å². The first-order chi connectivity index (χ1) is 9.24. The second kappa shape index (κ2) is 5.65. The normalized spacial score (nSPS) is 9.47. The Bertz CT molecular complexity index is 646. The van der Waals surface area contributed by atoms with Crippen LogP contribution in [-0.4, -0.2) is 17.9 Å². The number of aromatic nitrogens is 1. The third kappa shape index (κ3) is 2.87. The zero-order valence-corrected chi connectivity index (χ0v) is 10.3. The molecule has 1 aromatic carbocycles. The zero-order chi connectivity index (χ0) is 13.7. The highest BCUT2D eigenvalue weighted by atomic mass is 16.1. The summed E-state index contributed by atoms with van der Waals surface area (Å²) in [5.41, 5.74) is 1.53. The molecule has 0 spiro atoms. The topological polar surface area (TPSA) is 77.8 Å². The number of hydrogen-bond donors (Lipinski definition) is 2. The van der Waals surface area contributed by atoms with Crippen molar-refractivity contribution in [3.63, 3.8) is 0 Å². The molecule has 0 aliphatic rings. The van der Waals surface area contributed by atoms with Gasteiger partial charge in [-0.05, 0) is 30.3 Å². The van der Waals surface area contributed by atoms with Gasteiger partial charge in [-0.1, -0.05) is 6.07 Å². The molecule has 0 saturated heterocycles. The minimum atomic E-state index is -0.271. The van der Waals surface area contributed by atoms with E-state index in [2.05, 4.69) is 15.6 Å². The van der Waals surface area contributed by atoms with Crippen molar-refractivity contribution in [2.75, 3.05) is 17.7 Å². The Morgan fingerprint density at radius 3 is 2.89 bits per heavy atom. The summed E-state index contributed by atoms with van der Waals surface area (Å²) in [5, 5.41) is 14.4. The molecule has 19 heavy (non-hydrogen) atoms. The van der Waals surface area contributed by atoms with E-state index < -0.39 is 0 Å². The number of nitrogens with zero attached hydrogens (tertiary/aromatic N) is 2. The number of nitrogens with one attached hydrogen (secondary N) is 2. The van der Waals surface area contributed by atoms with Gasteiger partial charge in [0.05, 0.1) is 17.2 Å². The molecule has 1 heterocycles. The van der Waals surface area contributed by atoms with E-state index in [1.165, 1.54) is 0 Å². The highest BCUT2D eigenvalue weighted by molar-refractivity contribution is 6.07. The highest BCUT2D eigenvalue weighted by Gasteiger charge is 2.11. The molecule has 0 aliphatic heterocycles. The fraction of sp³-hybridized carbons (Fsp3) is 0.0714. The van der Waals surface area contributed by atoms with Crippen LogP contribution in [0.2, 0.25) is 0 Å². The molecule has 0 bridgehead atoms. The molecule has 0 radical (unpaired) electrons. The fourth-order valence-electron chi connectivity index (χ4n) is 1.65. The lowest BCUT2D eigenvalue weighted by Gasteiger charge is -2.08. The molecule has 1 aromatic heterocycles. The monoisotopic (exact) mass is 252 g/mol. The molecule has 0 fully saturated rings. The molecular weight excluding hydrogens is 240 g/mol. The Balaban J connectivity index is 2.23. The van der Waals surface area contributed by atoms with Gasteiger partial charge in [-0.3, -0.25) is 4.79 Å².